The zero-order valence-electron chi connectivity index (χ0n) is 18.0. The fraction of sp³-hybridized carbons (Fsp3) is 0.250. The molecular weight excluding hydrogens is 398 g/mol. The molecule has 158 valence electrons. The van der Waals surface area contributed by atoms with Gasteiger partial charge < -0.3 is 0 Å². The number of hydrogen-bond acceptors (Lipinski definition) is 3. The Morgan fingerprint density at radius 3 is 1.94 bits per heavy atom. The van der Waals surface area contributed by atoms with Gasteiger partial charge in [-0.1, -0.05) is 67.6 Å². The lowest BCUT2D eigenvalue weighted by atomic mass is 9.46. The van der Waals surface area contributed by atoms with E-state index in [9.17, 15) is 14.4 Å². The van der Waals surface area contributed by atoms with E-state index in [1.807, 2.05) is 72.8 Å². The number of carbonyl (C=O) groups excluding carboxylic acids is 3. The van der Waals surface area contributed by atoms with E-state index in [-0.39, 0.29) is 23.5 Å². The monoisotopic (exact) mass is 421 g/mol. The maximum absolute atomic E-state index is 14.0. The van der Waals surface area contributed by atoms with E-state index in [1.54, 1.807) is 6.92 Å². The third-order valence-electron chi connectivity index (χ3n) is 7.78. The third-order valence-corrected chi connectivity index (χ3v) is 7.78. The molecule has 3 aromatic rings. The number of imide groups is 1. The summed E-state index contributed by atoms with van der Waals surface area (Å²) < 4.78 is 0. The van der Waals surface area contributed by atoms with Gasteiger partial charge in [0.05, 0.1) is 22.9 Å². The molecule has 32 heavy (non-hydrogen) atoms. The number of rotatable bonds is 3. The molecule has 4 nitrogen and oxygen atoms in total. The maximum Gasteiger partial charge on any atom is 0.239 e. The van der Waals surface area contributed by atoms with E-state index in [0.717, 1.165) is 34.2 Å². The van der Waals surface area contributed by atoms with Gasteiger partial charge >= 0.3 is 0 Å². The van der Waals surface area contributed by atoms with E-state index in [0.29, 0.717) is 5.69 Å². The summed E-state index contributed by atoms with van der Waals surface area (Å²) in [6, 6.07) is 23.3. The molecule has 2 bridgehead atoms. The fourth-order valence-electron chi connectivity index (χ4n) is 6.51. The molecule has 0 radical (unpaired) electrons. The Morgan fingerprint density at radius 2 is 1.41 bits per heavy atom. The molecule has 2 atom stereocenters. The van der Waals surface area contributed by atoms with Crippen molar-refractivity contribution in [2.24, 2.45) is 11.8 Å². The fourth-order valence-corrected chi connectivity index (χ4v) is 6.51. The summed E-state index contributed by atoms with van der Waals surface area (Å²) in [4.78, 5) is 42.7. The number of Topliss-reactive ketones (excluding diaryl/α,β-unsaturated/α-hetero) is 1. The van der Waals surface area contributed by atoms with Gasteiger partial charge in [0.25, 0.3) is 0 Å². The van der Waals surface area contributed by atoms with E-state index in [4.69, 9.17) is 0 Å². The number of ketones is 1. The van der Waals surface area contributed by atoms with Crippen LogP contribution in [0.2, 0.25) is 0 Å². The number of hydrogen-bond donors (Lipinski definition) is 0. The predicted molar refractivity (Wildman–Crippen MR) is 121 cm³/mol. The zero-order valence-corrected chi connectivity index (χ0v) is 18.0. The van der Waals surface area contributed by atoms with Crippen molar-refractivity contribution in [1.82, 2.24) is 0 Å². The van der Waals surface area contributed by atoms with E-state index >= 15 is 0 Å². The van der Waals surface area contributed by atoms with Crippen LogP contribution in [-0.2, 0) is 26.2 Å². The minimum atomic E-state index is -1.14. The first kappa shape index (κ1) is 19.2. The van der Waals surface area contributed by atoms with Crippen molar-refractivity contribution in [3.63, 3.8) is 0 Å². The summed E-state index contributed by atoms with van der Waals surface area (Å²) in [5, 5.41) is 0. The highest BCUT2D eigenvalue weighted by molar-refractivity contribution is 6.25. The molecule has 0 aromatic heterocycles. The average Bonchev–Trinajstić information content (AvgIpc) is 3.09. The van der Waals surface area contributed by atoms with Crippen LogP contribution in [0, 0.1) is 11.8 Å². The van der Waals surface area contributed by atoms with Crippen molar-refractivity contribution in [2.75, 3.05) is 4.90 Å². The van der Waals surface area contributed by atoms with Crippen LogP contribution in [-0.4, -0.2) is 17.6 Å². The highest BCUT2D eigenvalue weighted by atomic mass is 16.2. The largest absolute Gasteiger partial charge is 0.299 e. The van der Waals surface area contributed by atoms with Gasteiger partial charge in [-0.3, -0.25) is 14.4 Å². The smallest absolute Gasteiger partial charge is 0.239 e. The Kier molecular flexibility index (Phi) is 3.89. The Balaban J connectivity index is 1.63. The molecule has 2 unspecified atom stereocenters. The van der Waals surface area contributed by atoms with Crippen molar-refractivity contribution >= 4 is 23.3 Å². The van der Waals surface area contributed by atoms with Gasteiger partial charge in [-0.25, -0.2) is 4.90 Å². The van der Waals surface area contributed by atoms with E-state index in [2.05, 4.69) is 6.92 Å². The molecule has 1 fully saturated rings. The lowest BCUT2D eigenvalue weighted by molar-refractivity contribution is -0.132. The Bertz CT molecular complexity index is 1260. The highest BCUT2D eigenvalue weighted by Crippen LogP contribution is 2.64. The van der Waals surface area contributed by atoms with Gasteiger partial charge in [0, 0.05) is 5.92 Å². The molecule has 0 saturated carbocycles. The van der Waals surface area contributed by atoms with E-state index < -0.39 is 17.3 Å². The van der Waals surface area contributed by atoms with Crippen molar-refractivity contribution in [3.8, 4) is 0 Å². The average molecular weight is 421 g/mol. The molecule has 1 saturated heterocycles. The molecule has 0 spiro atoms. The second-order valence-electron chi connectivity index (χ2n) is 9.05. The molecule has 1 aliphatic heterocycles. The standard InChI is InChI=1S/C28H23NO3/c1-3-17-12-14-18(15-13-17)29-26(31)24-23-19-8-4-6-10-21(19)28(16(2)30,25(24)27(29)32)22-11-7-5-9-20(22)23/h4-15,23-25H,3H2,1-2H3. The number of nitrogens with zero attached hydrogens (tertiary/aromatic N) is 1. The van der Waals surface area contributed by atoms with Crippen molar-refractivity contribution < 1.29 is 14.4 Å². The second-order valence-corrected chi connectivity index (χ2v) is 9.05. The molecule has 3 aliphatic carbocycles. The Labute approximate surface area is 186 Å². The first-order valence-corrected chi connectivity index (χ1v) is 11.2. The maximum atomic E-state index is 14.0. The molecule has 0 N–H and O–H groups in total. The van der Waals surface area contributed by atoms with Crippen LogP contribution in [0.15, 0.2) is 72.8 Å². The Hall–Kier alpha value is -3.53. The second kappa shape index (κ2) is 6.49. The predicted octanol–water partition coefficient (Wildman–Crippen LogP) is 4.39. The van der Waals surface area contributed by atoms with Gasteiger partial charge in [-0.05, 0) is 53.3 Å². The minimum Gasteiger partial charge on any atom is -0.299 e. The van der Waals surface area contributed by atoms with Crippen LogP contribution >= 0.6 is 0 Å². The molecule has 4 aliphatic rings. The van der Waals surface area contributed by atoms with Gasteiger partial charge in [0.2, 0.25) is 11.8 Å². The third kappa shape index (κ3) is 2.10. The minimum absolute atomic E-state index is 0.0881. The molecular formula is C28H23NO3. The van der Waals surface area contributed by atoms with Crippen molar-refractivity contribution in [1.29, 1.82) is 0 Å². The SMILES string of the molecule is CCc1ccc(N2C(=O)C3C4c5ccccc5C(C(C)=O)(c5ccccc54)C3C2=O)cc1. The lowest BCUT2D eigenvalue weighted by Gasteiger charge is -2.52. The van der Waals surface area contributed by atoms with Crippen LogP contribution in [0.4, 0.5) is 5.69 Å². The highest BCUT2D eigenvalue weighted by Gasteiger charge is 2.69. The number of benzene rings is 3. The summed E-state index contributed by atoms with van der Waals surface area (Å²) in [5.41, 5.74) is 4.32. The number of anilines is 1. The van der Waals surface area contributed by atoms with E-state index in [1.165, 1.54) is 4.90 Å². The molecule has 2 amide bonds. The van der Waals surface area contributed by atoms with Gasteiger partial charge in [-0.15, -0.1) is 0 Å². The summed E-state index contributed by atoms with van der Waals surface area (Å²) >= 11 is 0. The van der Waals surface area contributed by atoms with Gasteiger partial charge in [-0.2, -0.15) is 0 Å². The number of aryl methyl sites for hydroxylation is 1. The summed E-state index contributed by atoms with van der Waals surface area (Å²) in [5.74, 6) is -2.10. The Morgan fingerprint density at radius 1 is 0.844 bits per heavy atom. The molecule has 4 heteroatoms. The van der Waals surface area contributed by atoms with Crippen LogP contribution < -0.4 is 4.90 Å². The zero-order chi connectivity index (χ0) is 22.2. The summed E-state index contributed by atoms with van der Waals surface area (Å²) in [7, 11) is 0. The quantitative estimate of drug-likeness (QED) is 0.590. The van der Waals surface area contributed by atoms with Crippen LogP contribution in [0.1, 0.15) is 47.6 Å². The lowest BCUT2D eigenvalue weighted by Crippen LogP contribution is -2.57. The molecule has 1 heterocycles. The van der Waals surface area contributed by atoms with Crippen molar-refractivity contribution in [3.05, 3.63) is 101 Å². The van der Waals surface area contributed by atoms with Gasteiger partial charge in [0.1, 0.15) is 5.78 Å². The molecule has 7 rings (SSSR count). The number of amides is 2. The molecule has 3 aromatic carbocycles. The van der Waals surface area contributed by atoms with Crippen LogP contribution in [0.5, 0.6) is 0 Å². The van der Waals surface area contributed by atoms with Crippen LogP contribution in [0.3, 0.4) is 0 Å². The van der Waals surface area contributed by atoms with Crippen molar-refractivity contribution in [2.45, 2.75) is 31.6 Å². The van der Waals surface area contributed by atoms with Gasteiger partial charge in [0.15, 0.2) is 0 Å². The first-order valence-electron chi connectivity index (χ1n) is 11.2. The van der Waals surface area contributed by atoms with Crippen LogP contribution in [0.25, 0.3) is 0 Å². The normalized spacial score (nSPS) is 27.2. The number of carbonyl (C=O) groups is 3. The first-order chi connectivity index (χ1) is 15.5. The topological polar surface area (TPSA) is 54.5 Å². The summed E-state index contributed by atoms with van der Waals surface area (Å²) in [6.45, 7) is 3.63. The summed E-state index contributed by atoms with van der Waals surface area (Å²) in [6.07, 6.45) is 0.883.